The van der Waals surface area contributed by atoms with Crippen LogP contribution in [0.2, 0.25) is 0 Å². The SMILES string of the molecule is CCOc1cc(/C=C2\SC(=S)N(c3ccc(C)cc3)C2=O)ccc1OCC(=O)NCc1ccccc1. The highest BCUT2D eigenvalue weighted by Gasteiger charge is 2.33. The second-order valence-electron chi connectivity index (χ2n) is 8.04. The van der Waals surface area contributed by atoms with E-state index in [0.29, 0.717) is 33.9 Å². The smallest absolute Gasteiger partial charge is 0.270 e. The first-order valence-corrected chi connectivity index (χ1v) is 12.7. The van der Waals surface area contributed by atoms with Crippen molar-refractivity contribution in [1.82, 2.24) is 5.32 Å². The molecule has 0 spiro atoms. The topological polar surface area (TPSA) is 67.9 Å². The lowest BCUT2D eigenvalue weighted by molar-refractivity contribution is -0.123. The Balaban J connectivity index is 1.44. The first-order chi connectivity index (χ1) is 17.4. The number of hydrogen-bond donors (Lipinski definition) is 1. The third-order valence-corrected chi connectivity index (χ3v) is 6.64. The van der Waals surface area contributed by atoms with Gasteiger partial charge in [0.1, 0.15) is 0 Å². The molecular weight excluding hydrogens is 492 g/mol. The van der Waals surface area contributed by atoms with E-state index in [1.54, 1.807) is 23.1 Å². The van der Waals surface area contributed by atoms with Crippen LogP contribution in [0.4, 0.5) is 5.69 Å². The Hall–Kier alpha value is -3.62. The van der Waals surface area contributed by atoms with Crippen LogP contribution in [-0.4, -0.2) is 29.3 Å². The van der Waals surface area contributed by atoms with Crippen LogP contribution in [0.15, 0.2) is 77.7 Å². The lowest BCUT2D eigenvalue weighted by atomic mass is 10.1. The molecule has 1 N–H and O–H groups in total. The molecular formula is C28H26N2O4S2. The van der Waals surface area contributed by atoms with Gasteiger partial charge < -0.3 is 14.8 Å². The Morgan fingerprint density at radius 3 is 2.50 bits per heavy atom. The molecule has 0 bridgehead atoms. The number of nitrogens with one attached hydrogen (secondary N) is 1. The van der Waals surface area contributed by atoms with Gasteiger partial charge in [-0.05, 0) is 55.3 Å². The van der Waals surface area contributed by atoms with Crippen molar-refractivity contribution in [3.8, 4) is 11.5 Å². The Bertz CT molecular complexity index is 1290. The minimum atomic E-state index is -0.231. The van der Waals surface area contributed by atoms with E-state index in [2.05, 4.69) is 5.32 Å². The van der Waals surface area contributed by atoms with Crippen molar-refractivity contribution in [3.05, 3.63) is 94.4 Å². The van der Waals surface area contributed by atoms with Crippen LogP contribution in [0.5, 0.6) is 11.5 Å². The number of rotatable bonds is 9. The molecule has 1 aliphatic heterocycles. The van der Waals surface area contributed by atoms with E-state index in [-0.39, 0.29) is 18.4 Å². The van der Waals surface area contributed by atoms with Gasteiger partial charge in [0.25, 0.3) is 11.8 Å². The summed E-state index contributed by atoms with van der Waals surface area (Å²) in [6, 6.07) is 22.7. The molecule has 0 saturated carbocycles. The predicted molar refractivity (Wildman–Crippen MR) is 148 cm³/mol. The van der Waals surface area contributed by atoms with Gasteiger partial charge in [-0.1, -0.05) is 78.1 Å². The largest absolute Gasteiger partial charge is 0.490 e. The van der Waals surface area contributed by atoms with Crippen molar-refractivity contribution < 1.29 is 19.1 Å². The quantitative estimate of drug-likeness (QED) is 0.298. The Labute approximate surface area is 220 Å². The molecule has 184 valence electrons. The molecule has 0 radical (unpaired) electrons. The molecule has 0 aliphatic carbocycles. The average molecular weight is 519 g/mol. The molecule has 2 amide bonds. The fourth-order valence-corrected chi connectivity index (χ4v) is 4.83. The molecule has 4 rings (SSSR count). The maximum absolute atomic E-state index is 13.1. The third kappa shape index (κ3) is 6.33. The van der Waals surface area contributed by atoms with Crippen molar-refractivity contribution in [3.63, 3.8) is 0 Å². The highest BCUT2D eigenvalue weighted by atomic mass is 32.2. The zero-order chi connectivity index (χ0) is 25.5. The van der Waals surface area contributed by atoms with E-state index in [9.17, 15) is 9.59 Å². The van der Waals surface area contributed by atoms with Crippen LogP contribution in [0.25, 0.3) is 6.08 Å². The summed E-state index contributed by atoms with van der Waals surface area (Å²) in [6.07, 6.45) is 1.78. The summed E-state index contributed by atoms with van der Waals surface area (Å²) in [5, 5.41) is 2.84. The second-order valence-corrected chi connectivity index (χ2v) is 9.72. The Morgan fingerprint density at radius 1 is 1.03 bits per heavy atom. The van der Waals surface area contributed by atoms with E-state index < -0.39 is 0 Å². The molecule has 3 aromatic carbocycles. The van der Waals surface area contributed by atoms with Crippen molar-refractivity contribution >= 4 is 51.9 Å². The third-order valence-electron chi connectivity index (χ3n) is 5.34. The summed E-state index contributed by atoms with van der Waals surface area (Å²) in [5.74, 6) is 0.555. The lowest BCUT2D eigenvalue weighted by Crippen LogP contribution is -2.28. The number of carbonyl (C=O) groups is 2. The Kier molecular flexibility index (Phi) is 8.40. The molecule has 0 unspecified atom stereocenters. The van der Waals surface area contributed by atoms with Crippen LogP contribution in [0, 0.1) is 6.92 Å². The number of nitrogens with zero attached hydrogens (tertiary/aromatic N) is 1. The summed E-state index contributed by atoms with van der Waals surface area (Å²) in [6.45, 7) is 4.59. The lowest BCUT2D eigenvalue weighted by Gasteiger charge is -2.14. The number of amides is 2. The minimum Gasteiger partial charge on any atom is -0.490 e. The van der Waals surface area contributed by atoms with E-state index in [1.165, 1.54) is 11.8 Å². The molecule has 0 aromatic heterocycles. The average Bonchev–Trinajstić information content (AvgIpc) is 3.16. The minimum absolute atomic E-state index is 0.137. The van der Waals surface area contributed by atoms with E-state index in [0.717, 1.165) is 22.4 Å². The molecule has 8 heteroatoms. The van der Waals surface area contributed by atoms with Gasteiger partial charge in [0.2, 0.25) is 0 Å². The maximum Gasteiger partial charge on any atom is 0.270 e. The monoisotopic (exact) mass is 518 g/mol. The molecule has 1 fully saturated rings. The fourth-order valence-electron chi connectivity index (χ4n) is 3.53. The van der Waals surface area contributed by atoms with Crippen molar-refractivity contribution in [2.75, 3.05) is 18.1 Å². The summed E-state index contributed by atoms with van der Waals surface area (Å²) in [5.41, 5.74) is 3.64. The number of thioether (sulfide) groups is 1. The molecule has 1 saturated heterocycles. The molecule has 1 heterocycles. The zero-order valence-corrected chi connectivity index (χ0v) is 21.7. The van der Waals surface area contributed by atoms with E-state index in [1.807, 2.05) is 74.5 Å². The molecule has 0 atom stereocenters. The van der Waals surface area contributed by atoms with Gasteiger partial charge in [-0.25, -0.2) is 0 Å². The normalized spacial score (nSPS) is 14.3. The number of thiocarbonyl (C=S) groups is 1. The van der Waals surface area contributed by atoms with Gasteiger partial charge in [0.05, 0.1) is 17.2 Å². The number of benzene rings is 3. The first-order valence-electron chi connectivity index (χ1n) is 11.5. The molecule has 3 aromatic rings. The van der Waals surface area contributed by atoms with Crippen LogP contribution in [0.1, 0.15) is 23.6 Å². The highest BCUT2D eigenvalue weighted by molar-refractivity contribution is 8.27. The van der Waals surface area contributed by atoms with Gasteiger partial charge in [-0.2, -0.15) is 0 Å². The van der Waals surface area contributed by atoms with Crippen molar-refractivity contribution in [1.29, 1.82) is 0 Å². The number of ether oxygens (including phenoxy) is 2. The fraction of sp³-hybridized carbons (Fsp3) is 0.179. The molecule has 1 aliphatic rings. The van der Waals surface area contributed by atoms with Crippen LogP contribution in [0.3, 0.4) is 0 Å². The van der Waals surface area contributed by atoms with Gasteiger partial charge in [0.15, 0.2) is 22.4 Å². The molecule has 36 heavy (non-hydrogen) atoms. The van der Waals surface area contributed by atoms with E-state index >= 15 is 0 Å². The maximum atomic E-state index is 13.1. The number of aryl methyl sites for hydroxylation is 1. The van der Waals surface area contributed by atoms with Crippen LogP contribution in [-0.2, 0) is 16.1 Å². The van der Waals surface area contributed by atoms with Crippen molar-refractivity contribution in [2.45, 2.75) is 20.4 Å². The molecule has 6 nitrogen and oxygen atoms in total. The predicted octanol–water partition coefficient (Wildman–Crippen LogP) is 5.49. The summed E-state index contributed by atoms with van der Waals surface area (Å²) < 4.78 is 12.0. The van der Waals surface area contributed by atoms with Gasteiger partial charge in [0, 0.05) is 6.54 Å². The van der Waals surface area contributed by atoms with Crippen molar-refractivity contribution in [2.24, 2.45) is 0 Å². The summed E-state index contributed by atoms with van der Waals surface area (Å²) >= 11 is 6.73. The number of carbonyl (C=O) groups excluding carboxylic acids is 2. The van der Waals surface area contributed by atoms with Gasteiger partial charge in [-0.15, -0.1) is 0 Å². The number of anilines is 1. The first kappa shape index (κ1) is 25.5. The number of hydrogen-bond acceptors (Lipinski definition) is 6. The van der Waals surface area contributed by atoms with Gasteiger partial charge in [-0.3, -0.25) is 14.5 Å². The van der Waals surface area contributed by atoms with Crippen LogP contribution < -0.4 is 19.7 Å². The summed E-state index contributed by atoms with van der Waals surface area (Å²) in [7, 11) is 0. The highest BCUT2D eigenvalue weighted by Crippen LogP contribution is 2.37. The zero-order valence-electron chi connectivity index (χ0n) is 20.0. The summed E-state index contributed by atoms with van der Waals surface area (Å²) in [4.78, 5) is 27.4. The standard InChI is InChI=1S/C28H26N2O4S2/c1-3-33-24-15-21(11-14-23(24)34-18-26(31)29-17-20-7-5-4-6-8-20)16-25-27(32)30(28(35)36-25)22-12-9-19(2)10-13-22/h4-16H,3,17-18H2,1-2H3,(H,29,31)/b25-16-. The van der Waals surface area contributed by atoms with Crippen LogP contribution >= 0.6 is 24.0 Å². The van der Waals surface area contributed by atoms with Gasteiger partial charge >= 0.3 is 0 Å². The van der Waals surface area contributed by atoms with E-state index in [4.69, 9.17) is 21.7 Å². The second kappa shape index (κ2) is 11.9. The Morgan fingerprint density at radius 2 is 1.78 bits per heavy atom.